The lowest BCUT2D eigenvalue weighted by Crippen LogP contribution is -2.73. The third-order valence-corrected chi connectivity index (χ3v) is 8.06. The number of benzene rings is 1. The van der Waals surface area contributed by atoms with Crippen LogP contribution in [-0.4, -0.2) is 62.5 Å². The highest BCUT2D eigenvalue weighted by molar-refractivity contribution is 6.30. The maximum Gasteiger partial charge on any atom is 0.406 e. The number of fused-ring (bicyclic) bond motifs is 3. The van der Waals surface area contributed by atoms with Crippen molar-refractivity contribution >= 4 is 23.4 Å². The Bertz CT molecular complexity index is 1370. The molecule has 5 heterocycles. The van der Waals surface area contributed by atoms with Crippen molar-refractivity contribution in [2.24, 2.45) is 5.41 Å². The van der Waals surface area contributed by atoms with Crippen molar-refractivity contribution in [1.29, 1.82) is 0 Å². The van der Waals surface area contributed by atoms with Crippen LogP contribution in [0.25, 0.3) is 5.69 Å². The van der Waals surface area contributed by atoms with Gasteiger partial charge in [-0.3, -0.25) is 9.47 Å². The highest BCUT2D eigenvalue weighted by Crippen LogP contribution is 2.45. The number of pyridine rings is 1. The Morgan fingerprint density at radius 2 is 1.65 bits per heavy atom. The number of nitrogens with zero attached hydrogens (tertiary/aromatic N) is 7. The fraction of sp³-hybridized carbons (Fsp3) is 0.480. The van der Waals surface area contributed by atoms with E-state index in [1.807, 2.05) is 22.5 Å². The van der Waals surface area contributed by atoms with Gasteiger partial charge in [0.25, 0.3) is 0 Å². The van der Waals surface area contributed by atoms with Crippen LogP contribution < -0.4 is 9.80 Å². The average Bonchev–Trinajstić information content (AvgIpc) is 3.08. The van der Waals surface area contributed by atoms with Gasteiger partial charge in [-0.15, -0.1) is 10.2 Å². The van der Waals surface area contributed by atoms with Crippen LogP contribution in [0.4, 0.5) is 29.3 Å². The minimum atomic E-state index is -4.44. The van der Waals surface area contributed by atoms with Crippen LogP contribution in [0.5, 0.6) is 0 Å². The number of aromatic nitrogens is 4. The molecule has 0 unspecified atom stereocenters. The summed E-state index contributed by atoms with van der Waals surface area (Å²) in [5, 5.41) is 9.18. The molecule has 2 fully saturated rings. The number of aryl methyl sites for hydroxylation is 1. The standard InChI is InChI=1S/C25H26ClF4N7/c1-15-4-6-18(27)21(31-15)34-11-24(12-34)13-35(14-24)22-33-32-20-10-36(23(2,3)25(28,29)30)9-16-8-17(26)5-7-19(16)37(20)22/h4-8H,9-14H2,1-3H3. The second-order valence-electron chi connectivity index (χ2n) is 10.9. The first kappa shape index (κ1) is 24.4. The molecular formula is C25H26ClF4N7. The Hall–Kier alpha value is -2.92. The van der Waals surface area contributed by atoms with Gasteiger partial charge in [0, 0.05) is 48.9 Å². The molecule has 0 aliphatic carbocycles. The van der Waals surface area contributed by atoms with Gasteiger partial charge >= 0.3 is 6.18 Å². The minimum Gasteiger partial charge on any atom is -0.353 e. The van der Waals surface area contributed by atoms with Crippen molar-refractivity contribution in [2.75, 3.05) is 36.0 Å². The molecule has 196 valence electrons. The first-order valence-electron chi connectivity index (χ1n) is 12.0. The van der Waals surface area contributed by atoms with E-state index in [0.717, 1.165) is 11.4 Å². The van der Waals surface area contributed by atoms with Gasteiger partial charge in [0.1, 0.15) is 5.54 Å². The monoisotopic (exact) mass is 535 g/mol. The molecular weight excluding hydrogens is 510 g/mol. The summed E-state index contributed by atoms with van der Waals surface area (Å²) in [6.45, 7) is 6.98. The van der Waals surface area contributed by atoms with Gasteiger partial charge < -0.3 is 9.80 Å². The highest BCUT2D eigenvalue weighted by atomic mass is 35.5. The first-order valence-corrected chi connectivity index (χ1v) is 12.4. The molecule has 0 bridgehead atoms. The summed E-state index contributed by atoms with van der Waals surface area (Å²) in [7, 11) is 0. The molecule has 2 saturated heterocycles. The van der Waals surface area contributed by atoms with Gasteiger partial charge in [0.15, 0.2) is 17.5 Å². The normalized spacial score (nSPS) is 19.2. The summed E-state index contributed by atoms with van der Waals surface area (Å²) >= 11 is 6.24. The van der Waals surface area contributed by atoms with Crippen LogP contribution >= 0.6 is 11.6 Å². The van der Waals surface area contributed by atoms with Gasteiger partial charge in [-0.2, -0.15) is 13.2 Å². The fourth-order valence-electron chi connectivity index (χ4n) is 5.53. The van der Waals surface area contributed by atoms with Gasteiger partial charge in [-0.1, -0.05) is 11.6 Å². The van der Waals surface area contributed by atoms with Crippen LogP contribution in [0.3, 0.4) is 0 Å². The molecule has 0 N–H and O–H groups in total. The number of anilines is 2. The van der Waals surface area contributed by atoms with Crippen LogP contribution in [0.2, 0.25) is 5.02 Å². The molecule has 0 amide bonds. The Labute approximate surface area is 216 Å². The summed E-state index contributed by atoms with van der Waals surface area (Å²) in [6.07, 6.45) is -4.44. The van der Waals surface area contributed by atoms with Gasteiger partial charge in [-0.05, 0) is 56.7 Å². The molecule has 12 heteroatoms. The lowest BCUT2D eigenvalue weighted by molar-refractivity contribution is -0.224. The second-order valence-corrected chi connectivity index (χ2v) is 11.3. The molecule has 6 rings (SSSR count). The summed E-state index contributed by atoms with van der Waals surface area (Å²) in [4.78, 5) is 9.74. The smallest absolute Gasteiger partial charge is 0.353 e. The molecule has 3 aliphatic rings. The molecule has 1 aromatic carbocycles. The van der Waals surface area contributed by atoms with E-state index in [9.17, 15) is 17.6 Å². The van der Waals surface area contributed by atoms with E-state index in [1.54, 1.807) is 18.2 Å². The van der Waals surface area contributed by atoms with Crippen molar-refractivity contribution in [1.82, 2.24) is 24.6 Å². The van der Waals surface area contributed by atoms with E-state index in [-0.39, 0.29) is 24.3 Å². The van der Waals surface area contributed by atoms with Crippen molar-refractivity contribution in [3.63, 3.8) is 0 Å². The third-order valence-electron chi connectivity index (χ3n) is 7.83. The van der Waals surface area contributed by atoms with Crippen LogP contribution in [-0.2, 0) is 13.1 Å². The molecule has 1 spiro atoms. The predicted molar refractivity (Wildman–Crippen MR) is 132 cm³/mol. The third kappa shape index (κ3) is 3.85. The van der Waals surface area contributed by atoms with Crippen LogP contribution in [0, 0.1) is 18.2 Å². The molecule has 3 aliphatic heterocycles. The Kier molecular flexibility index (Phi) is 5.30. The van der Waals surface area contributed by atoms with E-state index < -0.39 is 11.7 Å². The topological polar surface area (TPSA) is 53.3 Å². The lowest BCUT2D eigenvalue weighted by atomic mass is 9.73. The van der Waals surface area contributed by atoms with Gasteiger partial charge in [-0.25, -0.2) is 9.37 Å². The molecule has 0 saturated carbocycles. The Morgan fingerprint density at radius 1 is 0.946 bits per heavy atom. The maximum atomic E-state index is 14.3. The zero-order chi connectivity index (χ0) is 26.3. The van der Waals surface area contributed by atoms with E-state index in [4.69, 9.17) is 11.6 Å². The minimum absolute atomic E-state index is 0.0118. The summed E-state index contributed by atoms with van der Waals surface area (Å²) < 4.78 is 58.0. The van der Waals surface area contributed by atoms with Crippen molar-refractivity contribution in [3.05, 3.63) is 58.3 Å². The molecule has 7 nitrogen and oxygen atoms in total. The molecule has 3 aromatic rings. The maximum absolute atomic E-state index is 14.3. The van der Waals surface area contributed by atoms with Gasteiger partial charge in [0.05, 0.1) is 12.2 Å². The number of halogens is 5. The number of hydrogen-bond donors (Lipinski definition) is 0. The molecule has 0 atom stereocenters. The zero-order valence-electron chi connectivity index (χ0n) is 20.6. The highest BCUT2D eigenvalue weighted by Gasteiger charge is 2.55. The van der Waals surface area contributed by atoms with Crippen LogP contribution in [0.15, 0.2) is 30.3 Å². The lowest BCUT2D eigenvalue weighted by Gasteiger charge is -2.60. The quantitative estimate of drug-likeness (QED) is 0.451. The molecule has 37 heavy (non-hydrogen) atoms. The predicted octanol–water partition coefficient (Wildman–Crippen LogP) is 4.75. The Balaban J connectivity index is 1.27. The van der Waals surface area contributed by atoms with E-state index in [1.165, 1.54) is 24.8 Å². The number of rotatable bonds is 3. The van der Waals surface area contributed by atoms with Crippen LogP contribution in [0.1, 0.15) is 30.9 Å². The van der Waals surface area contributed by atoms with E-state index >= 15 is 0 Å². The summed E-state index contributed by atoms with van der Waals surface area (Å²) in [6, 6.07) is 8.33. The Morgan fingerprint density at radius 3 is 2.35 bits per heavy atom. The SMILES string of the molecule is Cc1ccc(F)c(N2CC3(C2)CN(c2nnc4n2-c2ccc(Cl)cc2CN(C(C)(C)C(F)(F)F)C4)C3)n1. The zero-order valence-corrected chi connectivity index (χ0v) is 21.4. The van der Waals surface area contributed by atoms with Crippen molar-refractivity contribution in [2.45, 2.75) is 45.6 Å². The average molecular weight is 536 g/mol. The van der Waals surface area contributed by atoms with Crippen molar-refractivity contribution < 1.29 is 17.6 Å². The molecule has 2 aromatic heterocycles. The van der Waals surface area contributed by atoms with Gasteiger partial charge in [0.2, 0.25) is 5.95 Å². The van der Waals surface area contributed by atoms with E-state index in [0.29, 0.717) is 54.4 Å². The first-order chi connectivity index (χ1) is 17.4. The molecule has 0 radical (unpaired) electrons. The van der Waals surface area contributed by atoms with E-state index in [2.05, 4.69) is 20.1 Å². The largest absolute Gasteiger partial charge is 0.406 e. The second kappa shape index (κ2) is 8.04. The van der Waals surface area contributed by atoms with Crippen molar-refractivity contribution in [3.8, 4) is 5.69 Å². The summed E-state index contributed by atoms with van der Waals surface area (Å²) in [5.41, 5.74) is 0.0729. The number of alkyl halides is 3. The fourth-order valence-corrected chi connectivity index (χ4v) is 5.73. The summed E-state index contributed by atoms with van der Waals surface area (Å²) in [5.74, 6) is 1.07. The number of hydrogen-bond acceptors (Lipinski definition) is 6.